The van der Waals surface area contributed by atoms with Crippen molar-refractivity contribution in [2.24, 2.45) is 5.92 Å². The highest BCUT2D eigenvalue weighted by atomic mass is 15.1. The molecule has 2 nitrogen and oxygen atoms in total. The van der Waals surface area contributed by atoms with Crippen molar-refractivity contribution in [3.05, 3.63) is 11.6 Å². The first-order valence-corrected chi connectivity index (χ1v) is 7.87. The maximum atomic E-state index is 3.75. The van der Waals surface area contributed by atoms with Crippen LogP contribution in [0.5, 0.6) is 0 Å². The molecule has 18 heavy (non-hydrogen) atoms. The van der Waals surface area contributed by atoms with E-state index >= 15 is 0 Å². The van der Waals surface area contributed by atoms with E-state index in [1.807, 2.05) is 0 Å². The Morgan fingerprint density at radius 3 is 2.72 bits per heavy atom. The van der Waals surface area contributed by atoms with E-state index in [2.05, 4.69) is 30.1 Å². The Kier molecular flexibility index (Phi) is 5.71. The molecule has 1 N–H and O–H groups in total. The van der Waals surface area contributed by atoms with Crippen molar-refractivity contribution < 1.29 is 0 Å². The molecule has 0 amide bonds. The summed E-state index contributed by atoms with van der Waals surface area (Å²) in [4.78, 5) is 2.63. The zero-order valence-corrected chi connectivity index (χ0v) is 12.3. The van der Waals surface area contributed by atoms with Crippen molar-refractivity contribution >= 4 is 0 Å². The van der Waals surface area contributed by atoms with E-state index in [9.17, 15) is 0 Å². The first-order valence-electron chi connectivity index (χ1n) is 7.87. The van der Waals surface area contributed by atoms with Gasteiger partial charge in [0.1, 0.15) is 0 Å². The summed E-state index contributed by atoms with van der Waals surface area (Å²) < 4.78 is 0. The molecule has 1 heterocycles. The van der Waals surface area contributed by atoms with Crippen molar-refractivity contribution in [2.45, 2.75) is 58.4 Å². The van der Waals surface area contributed by atoms with Crippen LogP contribution in [0.15, 0.2) is 11.6 Å². The summed E-state index contributed by atoms with van der Waals surface area (Å²) in [6.07, 6.45) is 10.5. The fourth-order valence-corrected chi connectivity index (χ4v) is 3.24. The van der Waals surface area contributed by atoms with Crippen LogP contribution < -0.4 is 5.32 Å². The minimum Gasteiger partial charge on any atom is -0.314 e. The van der Waals surface area contributed by atoms with Crippen LogP contribution in [0.25, 0.3) is 0 Å². The number of allylic oxidation sites excluding steroid dienone is 1. The molecule has 0 spiro atoms. The summed E-state index contributed by atoms with van der Waals surface area (Å²) in [7, 11) is 0. The summed E-state index contributed by atoms with van der Waals surface area (Å²) in [5.41, 5.74) is 1.69. The van der Waals surface area contributed by atoms with E-state index in [1.165, 1.54) is 64.7 Å². The van der Waals surface area contributed by atoms with Crippen molar-refractivity contribution in [3.8, 4) is 0 Å². The van der Waals surface area contributed by atoms with Gasteiger partial charge in [0, 0.05) is 12.6 Å². The smallest absolute Gasteiger partial charge is 0.00915 e. The predicted octanol–water partition coefficient (Wildman–Crippen LogP) is 3.20. The van der Waals surface area contributed by atoms with Crippen molar-refractivity contribution in [3.63, 3.8) is 0 Å². The Morgan fingerprint density at radius 1 is 1.33 bits per heavy atom. The predicted molar refractivity (Wildman–Crippen MR) is 78.9 cm³/mol. The number of hydrogen-bond acceptors (Lipinski definition) is 2. The highest BCUT2D eigenvalue weighted by Gasteiger charge is 2.19. The zero-order valence-electron chi connectivity index (χ0n) is 12.3. The van der Waals surface area contributed by atoms with Crippen LogP contribution >= 0.6 is 0 Å². The zero-order chi connectivity index (χ0) is 12.8. The molecule has 2 rings (SSSR count). The summed E-state index contributed by atoms with van der Waals surface area (Å²) in [6, 6.07) is 0.774. The van der Waals surface area contributed by atoms with Gasteiger partial charge in [-0.15, -0.1) is 0 Å². The highest BCUT2D eigenvalue weighted by Crippen LogP contribution is 2.20. The fraction of sp³-hybridized carbons (Fsp3) is 0.875. The van der Waals surface area contributed by atoms with Gasteiger partial charge in [-0.05, 0) is 64.1 Å². The Morgan fingerprint density at radius 2 is 2.11 bits per heavy atom. The molecule has 0 bridgehead atoms. The van der Waals surface area contributed by atoms with E-state index in [4.69, 9.17) is 0 Å². The molecule has 0 radical (unpaired) electrons. The van der Waals surface area contributed by atoms with Crippen molar-refractivity contribution in [1.29, 1.82) is 0 Å². The monoisotopic (exact) mass is 250 g/mol. The van der Waals surface area contributed by atoms with Crippen LogP contribution in [-0.4, -0.2) is 37.1 Å². The van der Waals surface area contributed by atoms with E-state index in [-0.39, 0.29) is 0 Å². The van der Waals surface area contributed by atoms with Crippen LogP contribution in [-0.2, 0) is 0 Å². The Labute approximate surface area is 113 Å². The third-order valence-electron chi connectivity index (χ3n) is 4.23. The molecule has 104 valence electrons. The van der Waals surface area contributed by atoms with Crippen LogP contribution in [0, 0.1) is 5.92 Å². The molecule has 1 aliphatic carbocycles. The van der Waals surface area contributed by atoms with Gasteiger partial charge in [-0.2, -0.15) is 0 Å². The van der Waals surface area contributed by atoms with Crippen molar-refractivity contribution in [1.82, 2.24) is 10.2 Å². The number of likely N-dealkylation sites (tertiary alicyclic amines) is 1. The van der Waals surface area contributed by atoms with Crippen LogP contribution in [0.3, 0.4) is 0 Å². The average Bonchev–Trinajstić information content (AvgIpc) is 2.84. The molecule has 0 aromatic rings. The Balaban J connectivity index is 1.56. The van der Waals surface area contributed by atoms with E-state index in [0.717, 1.165) is 12.0 Å². The number of nitrogens with zero attached hydrogens (tertiary/aromatic N) is 1. The molecule has 1 saturated heterocycles. The van der Waals surface area contributed by atoms with E-state index < -0.39 is 0 Å². The van der Waals surface area contributed by atoms with Gasteiger partial charge in [0.2, 0.25) is 0 Å². The molecule has 2 heteroatoms. The summed E-state index contributed by atoms with van der Waals surface area (Å²) in [5.74, 6) is 0.809. The molecule has 0 unspecified atom stereocenters. The summed E-state index contributed by atoms with van der Waals surface area (Å²) in [6.45, 7) is 9.69. The minimum atomic E-state index is 0.774. The maximum Gasteiger partial charge on any atom is 0.00915 e. The second-order valence-corrected chi connectivity index (χ2v) is 6.43. The quantitative estimate of drug-likeness (QED) is 0.728. The van der Waals surface area contributed by atoms with Crippen LogP contribution in [0.1, 0.15) is 52.4 Å². The second kappa shape index (κ2) is 7.30. The molecule has 0 aromatic heterocycles. The molecule has 0 atom stereocenters. The van der Waals surface area contributed by atoms with Crippen molar-refractivity contribution in [2.75, 3.05) is 26.2 Å². The van der Waals surface area contributed by atoms with Gasteiger partial charge in [0.25, 0.3) is 0 Å². The van der Waals surface area contributed by atoms with Gasteiger partial charge in [0.05, 0.1) is 0 Å². The summed E-state index contributed by atoms with van der Waals surface area (Å²) >= 11 is 0. The summed E-state index contributed by atoms with van der Waals surface area (Å²) in [5, 5.41) is 3.75. The van der Waals surface area contributed by atoms with Gasteiger partial charge in [-0.3, -0.25) is 0 Å². The average molecular weight is 250 g/mol. The molecule has 0 aromatic carbocycles. The highest BCUT2D eigenvalue weighted by molar-refractivity contribution is 5.07. The normalized spacial score (nSPS) is 22.7. The van der Waals surface area contributed by atoms with Gasteiger partial charge < -0.3 is 10.2 Å². The Hall–Kier alpha value is -0.340. The van der Waals surface area contributed by atoms with E-state index in [1.54, 1.807) is 5.57 Å². The van der Waals surface area contributed by atoms with Gasteiger partial charge >= 0.3 is 0 Å². The number of hydrogen-bond donors (Lipinski definition) is 1. The second-order valence-electron chi connectivity index (χ2n) is 6.43. The molecule has 2 aliphatic rings. The lowest BCUT2D eigenvalue weighted by Gasteiger charge is -2.33. The lowest BCUT2D eigenvalue weighted by Crippen LogP contribution is -2.43. The number of rotatable bonds is 6. The molecule has 0 saturated carbocycles. The number of piperidine rings is 1. The minimum absolute atomic E-state index is 0.774. The van der Waals surface area contributed by atoms with Gasteiger partial charge in [-0.1, -0.05) is 25.5 Å². The Bertz CT molecular complexity index is 262. The first-order chi connectivity index (χ1) is 8.74. The van der Waals surface area contributed by atoms with E-state index in [0.29, 0.717) is 0 Å². The van der Waals surface area contributed by atoms with Gasteiger partial charge in [-0.25, -0.2) is 0 Å². The van der Waals surface area contributed by atoms with Gasteiger partial charge in [0.15, 0.2) is 0 Å². The molecular weight excluding hydrogens is 220 g/mol. The lowest BCUT2D eigenvalue weighted by atomic mass is 10.0. The van der Waals surface area contributed by atoms with Crippen LogP contribution in [0.2, 0.25) is 0 Å². The first kappa shape index (κ1) is 14.1. The van der Waals surface area contributed by atoms with Crippen LogP contribution in [0.4, 0.5) is 0 Å². The maximum absolute atomic E-state index is 3.75. The topological polar surface area (TPSA) is 15.3 Å². The lowest BCUT2D eigenvalue weighted by molar-refractivity contribution is 0.180. The largest absolute Gasteiger partial charge is 0.314 e. The molecule has 1 fully saturated rings. The number of nitrogens with one attached hydrogen (secondary N) is 1. The molecular formula is C16H30N2. The third-order valence-corrected chi connectivity index (χ3v) is 4.23. The molecule has 1 aliphatic heterocycles. The third kappa shape index (κ3) is 4.74. The fourth-order valence-electron chi connectivity index (χ4n) is 3.24. The standard InChI is InChI=1S/C16H30N2/c1-14(2)13-18-11-8-16(9-12-18)17-10-7-15-5-3-4-6-15/h5,14,16-17H,3-4,6-13H2,1-2H3. The SMILES string of the molecule is CC(C)CN1CCC(NCCC2=CCCC2)CC1.